The summed E-state index contributed by atoms with van der Waals surface area (Å²) >= 11 is 7.60. The number of hydrogen-bond acceptors (Lipinski definition) is 9. The summed E-state index contributed by atoms with van der Waals surface area (Å²) in [5.74, 6) is -0.433. The smallest absolute Gasteiger partial charge is 0.333 e. The second-order valence-corrected chi connectivity index (χ2v) is 12.4. The number of halogens is 2. The third-order valence-corrected chi connectivity index (χ3v) is 8.60. The van der Waals surface area contributed by atoms with Crippen molar-refractivity contribution in [1.29, 1.82) is 0 Å². The fraction of sp³-hybridized carbons (Fsp3) is 0.400. The van der Waals surface area contributed by atoms with Gasteiger partial charge in [-0.15, -0.1) is 11.3 Å². The zero-order valence-corrected chi connectivity index (χ0v) is 22.8. The number of carbonyl (C=O) groups is 1. The summed E-state index contributed by atoms with van der Waals surface area (Å²) in [5.41, 5.74) is 3.26. The number of anilines is 1. The molecule has 1 aliphatic heterocycles. The number of benzene rings is 1. The Hall–Kier alpha value is -2.48. The lowest BCUT2D eigenvalue weighted by Gasteiger charge is -2.26. The van der Waals surface area contributed by atoms with Gasteiger partial charge in [0.25, 0.3) is 0 Å². The molecule has 1 unspecified atom stereocenters. The Morgan fingerprint density at radius 1 is 1.32 bits per heavy atom. The second-order valence-electron chi connectivity index (χ2n) is 9.46. The molecule has 38 heavy (non-hydrogen) atoms. The van der Waals surface area contributed by atoms with E-state index in [0.717, 1.165) is 28.0 Å². The molecule has 13 heteroatoms. The lowest BCUT2D eigenvalue weighted by atomic mass is 9.93. The van der Waals surface area contributed by atoms with E-state index < -0.39 is 22.5 Å². The Morgan fingerprint density at radius 3 is 2.92 bits per heavy atom. The maximum absolute atomic E-state index is 14.8. The van der Waals surface area contributed by atoms with Gasteiger partial charge in [-0.1, -0.05) is 17.7 Å². The topological polar surface area (TPSA) is 133 Å². The number of hydrogen-bond donors (Lipinski definition) is 2. The summed E-state index contributed by atoms with van der Waals surface area (Å²) in [6.45, 7) is 2.30. The van der Waals surface area contributed by atoms with Gasteiger partial charge in [-0.2, -0.15) is 8.42 Å². The van der Waals surface area contributed by atoms with E-state index in [1.165, 1.54) is 23.9 Å². The summed E-state index contributed by atoms with van der Waals surface area (Å²) in [6.07, 6.45) is 2.25. The highest BCUT2D eigenvalue weighted by Gasteiger charge is 2.36. The summed E-state index contributed by atoms with van der Waals surface area (Å²) in [4.78, 5) is 23.2. The Morgan fingerprint density at radius 2 is 2.13 bits per heavy atom. The number of ether oxygens (including phenoxy) is 1. The maximum Gasteiger partial charge on any atom is 0.333 e. The molecule has 1 fully saturated rings. The van der Waals surface area contributed by atoms with E-state index in [1.807, 2.05) is 31.2 Å². The van der Waals surface area contributed by atoms with Crippen LogP contribution in [0.15, 0.2) is 36.8 Å². The average Bonchev–Trinajstić information content (AvgIpc) is 3.43. The molecule has 0 radical (unpaired) electrons. The van der Waals surface area contributed by atoms with Gasteiger partial charge in [0.2, 0.25) is 5.78 Å². The highest BCUT2D eigenvalue weighted by atomic mass is 35.5. The number of rotatable bonds is 8. The SMILES string of the molecule is Cc1sc(C(=O)c2cncnc2N[C@@H]2C[C@H](COS(N)(=O)=O)C[C@@H]2F)cc1C1OCCc2ccc(Cl)cc21. The highest BCUT2D eigenvalue weighted by molar-refractivity contribution is 7.84. The number of ketones is 1. The van der Waals surface area contributed by atoms with Crippen LogP contribution in [0.4, 0.5) is 10.2 Å². The Kier molecular flexibility index (Phi) is 7.81. The first kappa shape index (κ1) is 27.1. The minimum Gasteiger partial charge on any atom is -0.368 e. The molecule has 2 aliphatic rings. The number of thiophene rings is 1. The first-order chi connectivity index (χ1) is 18.1. The molecule has 3 heterocycles. The van der Waals surface area contributed by atoms with Crippen molar-refractivity contribution in [1.82, 2.24) is 9.97 Å². The predicted octanol–water partition coefficient (Wildman–Crippen LogP) is 4.14. The number of nitrogens with two attached hydrogens (primary N) is 1. The van der Waals surface area contributed by atoms with Crippen molar-refractivity contribution in [3.63, 3.8) is 0 Å². The van der Waals surface area contributed by atoms with Crippen molar-refractivity contribution in [2.75, 3.05) is 18.5 Å². The molecule has 3 N–H and O–H groups in total. The summed E-state index contributed by atoms with van der Waals surface area (Å²) in [5, 5.41) is 8.52. The van der Waals surface area contributed by atoms with Crippen LogP contribution in [0.1, 0.15) is 55.7 Å². The van der Waals surface area contributed by atoms with E-state index in [-0.39, 0.29) is 48.6 Å². The van der Waals surface area contributed by atoms with E-state index in [0.29, 0.717) is 16.5 Å². The number of aromatic nitrogens is 2. The van der Waals surface area contributed by atoms with Gasteiger partial charge in [-0.25, -0.2) is 19.5 Å². The van der Waals surface area contributed by atoms with E-state index >= 15 is 0 Å². The van der Waals surface area contributed by atoms with Gasteiger partial charge in [0, 0.05) is 16.1 Å². The lowest BCUT2D eigenvalue weighted by molar-refractivity contribution is 0.0697. The van der Waals surface area contributed by atoms with E-state index in [2.05, 4.69) is 19.5 Å². The van der Waals surface area contributed by atoms with Crippen LogP contribution in [0, 0.1) is 12.8 Å². The normalized spacial score (nSPS) is 23.3. The molecule has 9 nitrogen and oxygen atoms in total. The lowest BCUT2D eigenvalue weighted by Crippen LogP contribution is -2.27. The van der Waals surface area contributed by atoms with Crippen molar-refractivity contribution in [3.05, 3.63) is 73.8 Å². The fourth-order valence-electron chi connectivity index (χ4n) is 5.02. The van der Waals surface area contributed by atoms with Gasteiger partial charge in [-0.05, 0) is 67.0 Å². The number of fused-ring (bicyclic) bond motifs is 1. The molecule has 1 aliphatic carbocycles. The Bertz CT molecular complexity index is 1470. The average molecular weight is 581 g/mol. The van der Waals surface area contributed by atoms with Gasteiger partial charge in [0.15, 0.2) is 0 Å². The summed E-state index contributed by atoms with van der Waals surface area (Å²) in [6, 6.07) is 6.93. The monoisotopic (exact) mass is 580 g/mol. The van der Waals surface area contributed by atoms with Crippen LogP contribution in [0.3, 0.4) is 0 Å². The molecular formula is C25H26ClFN4O5S2. The van der Waals surface area contributed by atoms with E-state index in [4.69, 9.17) is 21.5 Å². The van der Waals surface area contributed by atoms with Gasteiger partial charge in [-0.3, -0.25) is 8.98 Å². The first-order valence-electron chi connectivity index (χ1n) is 12.0. The Labute approximate surface area is 228 Å². The molecule has 2 aromatic heterocycles. The molecule has 3 aromatic rings. The predicted molar refractivity (Wildman–Crippen MR) is 142 cm³/mol. The van der Waals surface area contributed by atoms with Crippen LogP contribution in [0.2, 0.25) is 5.02 Å². The third-order valence-electron chi connectivity index (χ3n) is 6.84. The fourth-order valence-corrected chi connectivity index (χ4v) is 6.59. The van der Waals surface area contributed by atoms with Gasteiger partial charge in [0.05, 0.1) is 29.7 Å². The molecule has 202 valence electrons. The van der Waals surface area contributed by atoms with Crippen molar-refractivity contribution in [2.24, 2.45) is 11.1 Å². The van der Waals surface area contributed by atoms with Crippen molar-refractivity contribution < 1.29 is 26.5 Å². The first-order valence-corrected chi connectivity index (χ1v) is 14.7. The highest BCUT2D eigenvalue weighted by Crippen LogP contribution is 2.39. The van der Waals surface area contributed by atoms with Crippen molar-refractivity contribution in [2.45, 2.75) is 44.5 Å². The van der Waals surface area contributed by atoms with Crippen molar-refractivity contribution >= 4 is 44.8 Å². The van der Waals surface area contributed by atoms with E-state index in [9.17, 15) is 17.6 Å². The standard InChI is InChI=1S/C25H26ClFN4O5S2/c1-13-17(24-18-8-16(26)3-2-15(18)4-5-35-24)9-22(37-13)23(32)19-10-29-12-30-25(19)31-21-7-14(6-20(21)27)11-36-38(28,33)34/h2-3,8-10,12,14,20-21,24H,4-7,11H2,1H3,(H2,28,33,34)(H,29,30,31)/t14-,20+,21-,24?/m1/s1. The van der Waals surface area contributed by atoms with Crippen LogP contribution < -0.4 is 10.5 Å². The molecule has 0 bridgehead atoms. The zero-order valence-electron chi connectivity index (χ0n) is 20.4. The summed E-state index contributed by atoms with van der Waals surface area (Å²) in [7, 11) is -4.11. The van der Waals surface area contributed by atoms with Crippen LogP contribution in [0.5, 0.6) is 0 Å². The number of alkyl halides is 1. The minimum atomic E-state index is -4.11. The molecular weight excluding hydrogens is 555 g/mol. The molecule has 0 saturated heterocycles. The second kappa shape index (κ2) is 10.9. The Balaban J connectivity index is 1.36. The number of aryl methyl sites for hydroxylation is 1. The third kappa shape index (κ3) is 5.90. The summed E-state index contributed by atoms with van der Waals surface area (Å²) < 4.78 is 47.7. The molecule has 0 spiro atoms. The van der Waals surface area contributed by atoms with Crippen LogP contribution >= 0.6 is 22.9 Å². The quantitative estimate of drug-likeness (QED) is 0.380. The molecule has 1 aromatic carbocycles. The van der Waals surface area contributed by atoms with Gasteiger partial charge >= 0.3 is 10.3 Å². The van der Waals surface area contributed by atoms with Gasteiger partial charge in [0.1, 0.15) is 24.4 Å². The number of nitrogens with one attached hydrogen (secondary N) is 1. The van der Waals surface area contributed by atoms with E-state index in [1.54, 1.807) is 0 Å². The molecule has 0 amide bonds. The maximum atomic E-state index is 14.8. The van der Waals surface area contributed by atoms with Crippen LogP contribution in [-0.4, -0.2) is 49.6 Å². The van der Waals surface area contributed by atoms with Crippen LogP contribution in [-0.2, 0) is 25.6 Å². The number of carbonyl (C=O) groups excluding carboxylic acids is 1. The van der Waals surface area contributed by atoms with Crippen molar-refractivity contribution in [3.8, 4) is 0 Å². The number of nitrogens with zero attached hydrogens (tertiary/aromatic N) is 2. The molecule has 5 rings (SSSR count). The minimum absolute atomic E-state index is 0.0991. The van der Waals surface area contributed by atoms with Gasteiger partial charge < -0.3 is 10.1 Å². The molecule has 4 atom stereocenters. The molecule has 1 saturated carbocycles. The van der Waals surface area contributed by atoms with Crippen LogP contribution in [0.25, 0.3) is 0 Å². The largest absolute Gasteiger partial charge is 0.368 e. The zero-order chi connectivity index (χ0) is 27.0.